The zero-order valence-corrected chi connectivity index (χ0v) is 26.8. The van der Waals surface area contributed by atoms with Gasteiger partial charge in [-0.3, -0.25) is 14.4 Å². The van der Waals surface area contributed by atoms with E-state index in [4.69, 9.17) is 4.74 Å². The Morgan fingerprint density at radius 2 is 1.34 bits per heavy atom. The predicted molar refractivity (Wildman–Crippen MR) is 170 cm³/mol. The van der Waals surface area contributed by atoms with Gasteiger partial charge in [-0.25, -0.2) is 4.79 Å². The SMILES string of the molecule is CC(C)C(NC(=O)OCc1ccccc1)C(=O)N(CC(=O)N[C@H](C(=O)c1ccc(C(F)(F)F)cc1)C(C)C)C1Cc2ccccc2C1. The number of nitrogens with zero attached hydrogens (tertiary/aromatic N) is 1. The van der Waals surface area contributed by atoms with Gasteiger partial charge >= 0.3 is 12.3 Å². The summed E-state index contributed by atoms with van der Waals surface area (Å²) in [4.78, 5) is 55.4. The first-order valence-electron chi connectivity index (χ1n) is 15.6. The van der Waals surface area contributed by atoms with E-state index in [1.165, 1.54) is 4.90 Å². The minimum absolute atomic E-state index is 0.0132. The summed E-state index contributed by atoms with van der Waals surface area (Å²) in [5.74, 6) is -2.39. The molecule has 0 spiro atoms. The summed E-state index contributed by atoms with van der Waals surface area (Å²) in [5.41, 5.74) is 2.01. The van der Waals surface area contributed by atoms with Crippen molar-refractivity contribution in [3.8, 4) is 0 Å². The lowest BCUT2D eigenvalue weighted by Gasteiger charge is -2.34. The van der Waals surface area contributed by atoms with E-state index < -0.39 is 66.0 Å². The molecule has 1 aliphatic rings. The highest BCUT2D eigenvalue weighted by Gasteiger charge is 2.38. The second kappa shape index (κ2) is 15.3. The average Bonchev–Trinajstić information content (AvgIpc) is 3.47. The maximum atomic E-state index is 14.2. The Bertz CT molecular complexity index is 1530. The lowest BCUT2D eigenvalue weighted by atomic mass is 9.94. The summed E-state index contributed by atoms with van der Waals surface area (Å²) in [6.45, 7) is 6.59. The number of amides is 3. The highest BCUT2D eigenvalue weighted by Crippen LogP contribution is 2.30. The number of alkyl carbamates (subject to hydrolysis) is 1. The summed E-state index contributed by atoms with van der Waals surface area (Å²) in [6.07, 6.45) is -4.33. The number of halogens is 3. The maximum Gasteiger partial charge on any atom is 0.416 e. The van der Waals surface area contributed by atoms with Crippen LogP contribution in [0.5, 0.6) is 0 Å². The van der Waals surface area contributed by atoms with Gasteiger partial charge in [0.1, 0.15) is 12.6 Å². The van der Waals surface area contributed by atoms with Crippen molar-refractivity contribution in [3.05, 3.63) is 107 Å². The van der Waals surface area contributed by atoms with Crippen LogP contribution in [0.4, 0.5) is 18.0 Å². The van der Waals surface area contributed by atoms with E-state index in [0.29, 0.717) is 12.8 Å². The summed E-state index contributed by atoms with van der Waals surface area (Å²) >= 11 is 0. The molecule has 1 aliphatic carbocycles. The molecule has 47 heavy (non-hydrogen) atoms. The molecule has 3 aromatic rings. The molecule has 0 heterocycles. The van der Waals surface area contributed by atoms with Crippen LogP contribution in [0.3, 0.4) is 0 Å². The molecule has 3 amide bonds. The number of ketones is 1. The number of hydrogen-bond donors (Lipinski definition) is 2. The van der Waals surface area contributed by atoms with E-state index in [1.807, 2.05) is 54.6 Å². The lowest BCUT2D eigenvalue weighted by Crippen LogP contribution is -2.57. The Morgan fingerprint density at radius 1 is 0.787 bits per heavy atom. The van der Waals surface area contributed by atoms with Crippen molar-refractivity contribution in [2.45, 2.75) is 71.4 Å². The van der Waals surface area contributed by atoms with Crippen LogP contribution in [0, 0.1) is 11.8 Å². The summed E-state index contributed by atoms with van der Waals surface area (Å²) in [5, 5.41) is 5.40. The molecule has 1 unspecified atom stereocenters. The summed E-state index contributed by atoms with van der Waals surface area (Å²) in [7, 11) is 0. The van der Waals surface area contributed by atoms with Gasteiger partial charge in [0.2, 0.25) is 11.8 Å². The number of benzene rings is 3. The van der Waals surface area contributed by atoms with Gasteiger partial charge in [-0.05, 0) is 53.5 Å². The van der Waals surface area contributed by atoms with Gasteiger partial charge in [0, 0.05) is 11.6 Å². The molecule has 4 rings (SSSR count). The first-order valence-corrected chi connectivity index (χ1v) is 15.6. The molecule has 0 fully saturated rings. The molecule has 2 atom stereocenters. The van der Waals surface area contributed by atoms with Gasteiger partial charge in [0.15, 0.2) is 5.78 Å². The molecule has 0 aliphatic heterocycles. The maximum absolute atomic E-state index is 14.2. The van der Waals surface area contributed by atoms with Crippen molar-refractivity contribution in [2.24, 2.45) is 11.8 Å². The van der Waals surface area contributed by atoms with Gasteiger partial charge < -0.3 is 20.3 Å². The molecule has 250 valence electrons. The fourth-order valence-electron chi connectivity index (χ4n) is 5.64. The highest BCUT2D eigenvalue weighted by molar-refractivity contribution is 6.02. The first kappa shape index (κ1) is 35.2. The molecule has 0 aromatic heterocycles. The Kier molecular flexibility index (Phi) is 11.4. The number of rotatable bonds is 12. The third-order valence-corrected chi connectivity index (χ3v) is 8.25. The van der Waals surface area contributed by atoms with Crippen molar-refractivity contribution in [3.63, 3.8) is 0 Å². The van der Waals surface area contributed by atoms with E-state index in [-0.39, 0.29) is 18.1 Å². The number of hydrogen-bond acceptors (Lipinski definition) is 5. The Labute approximate surface area is 272 Å². The zero-order valence-electron chi connectivity index (χ0n) is 26.8. The van der Waals surface area contributed by atoms with Crippen LogP contribution in [-0.2, 0) is 40.0 Å². The van der Waals surface area contributed by atoms with Crippen LogP contribution in [0.1, 0.15) is 60.3 Å². The standard InChI is InChI=1S/C36H40F3N3O5/c1-22(2)31(33(44)25-14-16-28(17-15-25)36(37,38)39)40-30(43)20-42(29-18-26-12-8-9-13-27(26)19-29)34(45)32(23(3)4)41-35(46)47-21-24-10-6-5-7-11-24/h5-17,22-23,29,31-32H,18-21H2,1-4H3,(H,40,43)(H,41,46)/t31-,32?/m0/s1. The normalized spacial score (nSPS) is 14.3. The van der Waals surface area contributed by atoms with Crippen molar-refractivity contribution in [1.29, 1.82) is 0 Å². The monoisotopic (exact) mass is 651 g/mol. The zero-order chi connectivity index (χ0) is 34.3. The second-order valence-corrected chi connectivity index (χ2v) is 12.5. The van der Waals surface area contributed by atoms with E-state index >= 15 is 0 Å². The smallest absolute Gasteiger partial charge is 0.416 e. The number of carbonyl (C=O) groups is 4. The van der Waals surface area contributed by atoms with Crippen molar-refractivity contribution in [1.82, 2.24) is 15.5 Å². The molecule has 0 saturated carbocycles. The van der Waals surface area contributed by atoms with Crippen molar-refractivity contribution in [2.75, 3.05) is 6.54 Å². The fraction of sp³-hybridized carbons (Fsp3) is 0.389. The highest BCUT2D eigenvalue weighted by atomic mass is 19.4. The number of carbonyl (C=O) groups excluding carboxylic acids is 4. The molecule has 8 nitrogen and oxygen atoms in total. The predicted octanol–water partition coefficient (Wildman–Crippen LogP) is 5.98. The fourth-order valence-corrected chi connectivity index (χ4v) is 5.64. The quantitative estimate of drug-likeness (QED) is 0.235. The molecular weight excluding hydrogens is 611 g/mol. The summed E-state index contributed by atoms with van der Waals surface area (Å²) in [6, 6.07) is 18.2. The number of fused-ring (bicyclic) bond motifs is 1. The molecule has 2 N–H and O–H groups in total. The Morgan fingerprint density at radius 3 is 1.87 bits per heavy atom. The average molecular weight is 652 g/mol. The van der Waals surface area contributed by atoms with Crippen LogP contribution in [0.15, 0.2) is 78.9 Å². The molecule has 3 aromatic carbocycles. The largest absolute Gasteiger partial charge is 0.445 e. The third kappa shape index (κ3) is 9.21. The van der Waals surface area contributed by atoms with Crippen molar-refractivity contribution < 1.29 is 37.1 Å². The summed E-state index contributed by atoms with van der Waals surface area (Å²) < 4.78 is 44.6. The number of ether oxygens (including phenoxy) is 1. The second-order valence-electron chi connectivity index (χ2n) is 12.5. The lowest BCUT2D eigenvalue weighted by molar-refractivity contribution is -0.141. The minimum atomic E-state index is -4.55. The third-order valence-electron chi connectivity index (χ3n) is 8.25. The van der Waals surface area contributed by atoms with E-state index in [1.54, 1.807) is 27.7 Å². The van der Waals surface area contributed by atoms with Crippen LogP contribution in [-0.4, -0.2) is 53.3 Å². The van der Waals surface area contributed by atoms with Crippen molar-refractivity contribution >= 4 is 23.7 Å². The molecular formula is C36H40F3N3O5. The van der Waals surface area contributed by atoms with Crippen LogP contribution in [0.25, 0.3) is 0 Å². The van der Waals surface area contributed by atoms with Gasteiger partial charge in [-0.2, -0.15) is 13.2 Å². The molecule has 0 bridgehead atoms. The topological polar surface area (TPSA) is 105 Å². The van der Waals surface area contributed by atoms with Crippen LogP contribution >= 0.6 is 0 Å². The molecule has 0 radical (unpaired) electrons. The van der Waals surface area contributed by atoms with Gasteiger partial charge in [0.25, 0.3) is 0 Å². The van der Waals surface area contributed by atoms with E-state index in [9.17, 15) is 32.3 Å². The number of alkyl halides is 3. The first-order chi connectivity index (χ1) is 22.2. The molecule has 0 saturated heterocycles. The van der Waals surface area contributed by atoms with E-state index in [0.717, 1.165) is 41.0 Å². The van der Waals surface area contributed by atoms with Gasteiger partial charge in [-0.1, -0.05) is 94.4 Å². The Balaban J connectivity index is 1.52. The van der Waals surface area contributed by atoms with Crippen LogP contribution < -0.4 is 10.6 Å². The van der Waals surface area contributed by atoms with Crippen LogP contribution in [0.2, 0.25) is 0 Å². The van der Waals surface area contributed by atoms with E-state index in [2.05, 4.69) is 10.6 Å². The Hall–Kier alpha value is -4.67. The van der Waals surface area contributed by atoms with Gasteiger partial charge in [-0.15, -0.1) is 0 Å². The molecule has 11 heteroatoms. The number of Topliss-reactive ketones (excluding diaryl/α,β-unsaturated/α-hetero) is 1. The number of nitrogens with one attached hydrogen (secondary N) is 2. The minimum Gasteiger partial charge on any atom is -0.445 e. The van der Waals surface area contributed by atoms with Gasteiger partial charge in [0.05, 0.1) is 18.2 Å².